The molecule has 1 aliphatic rings. The Morgan fingerprint density at radius 3 is 2.10 bits per heavy atom. The lowest BCUT2D eigenvalue weighted by Gasteiger charge is -2.33. The first-order valence-electron chi connectivity index (χ1n) is 9.60. The molecule has 1 fully saturated rings. The molecule has 0 saturated carbocycles. The molecule has 154 valence electrons. The van der Waals surface area contributed by atoms with Crippen LogP contribution in [0.3, 0.4) is 0 Å². The van der Waals surface area contributed by atoms with Gasteiger partial charge in [-0.2, -0.15) is 4.31 Å². The lowest BCUT2D eigenvalue weighted by Crippen LogP contribution is -2.50. The maximum Gasteiger partial charge on any atom is 0.246 e. The number of rotatable bonds is 5. The molecule has 0 atom stereocenters. The maximum absolute atomic E-state index is 12.9. The summed E-state index contributed by atoms with van der Waals surface area (Å²) in [4.78, 5) is 14.3. The van der Waals surface area contributed by atoms with Gasteiger partial charge in [-0.3, -0.25) is 4.79 Å². The number of hydrogen-bond donors (Lipinski definition) is 0. The van der Waals surface area contributed by atoms with Crippen LogP contribution in [0.1, 0.15) is 30.9 Å². The number of halogens is 1. The van der Waals surface area contributed by atoms with E-state index in [-0.39, 0.29) is 29.7 Å². The molecule has 3 rings (SSSR count). The summed E-state index contributed by atoms with van der Waals surface area (Å²) in [5, 5.41) is 0. The molecule has 2 aromatic rings. The van der Waals surface area contributed by atoms with Crippen LogP contribution in [-0.4, -0.2) is 49.7 Å². The van der Waals surface area contributed by atoms with Gasteiger partial charge in [0.15, 0.2) is 0 Å². The van der Waals surface area contributed by atoms with E-state index in [0.29, 0.717) is 19.0 Å². The second-order valence-corrected chi connectivity index (χ2v) is 9.28. The first-order valence-corrected chi connectivity index (χ1v) is 11.0. The largest absolute Gasteiger partial charge is 0.337 e. The fraction of sp³-hybridized carbons (Fsp3) is 0.318. The van der Waals surface area contributed by atoms with Gasteiger partial charge >= 0.3 is 0 Å². The topological polar surface area (TPSA) is 57.7 Å². The quantitative estimate of drug-likeness (QED) is 0.701. The number of amides is 1. The van der Waals surface area contributed by atoms with Crippen molar-refractivity contribution in [3.8, 4) is 0 Å². The van der Waals surface area contributed by atoms with Gasteiger partial charge in [-0.1, -0.05) is 38.1 Å². The number of carbonyl (C=O) groups is 1. The maximum atomic E-state index is 12.9. The normalized spacial score (nSPS) is 15.9. The molecule has 1 amide bonds. The standard InChI is InChI=1S/C22H25FN2O3S/c1-17(2)19-6-10-21(11-7-19)29(27,28)25-15-13-24(14-16-25)22(26)12-5-18-3-8-20(23)9-4-18/h3-12,17H,13-16H2,1-2H3. The van der Waals surface area contributed by atoms with E-state index < -0.39 is 10.0 Å². The smallest absolute Gasteiger partial charge is 0.246 e. The Balaban J connectivity index is 1.60. The highest BCUT2D eigenvalue weighted by Gasteiger charge is 2.29. The van der Waals surface area contributed by atoms with Crippen LogP contribution in [0, 0.1) is 5.82 Å². The summed E-state index contributed by atoms with van der Waals surface area (Å²) in [6.45, 7) is 5.29. The summed E-state index contributed by atoms with van der Waals surface area (Å²) >= 11 is 0. The number of nitrogens with zero attached hydrogens (tertiary/aromatic N) is 2. The molecule has 0 N–H and O–H groups in total. The Bertz CT molecular complexity index is 976. The molecule has 2 aromatic carbocycles. The van der Waals surface area contributed by atoms with Crippen molar-refractivity contribution in [1.82, 2.24) is 9.21 Å². The van der Waals surface area contributed by atoms with Crippen molar-refractivity contribution in [1.29, 1.82) is 0 Å². The highest BCUT2D eigenvalue weighted by molar-refractivity contribution is 7.89. The van der Waals surface area contributed by atoms with Crippen molar-refractivity contribution in [3.05, 3.63) is 71.6 Å². The van der Waals surface area contributed by atoms with Crippen LogP contribution in [0.25, 0.3) is 6.08 Å². The van der Waals surface area contributed by atoms with Crippen LogP contribution < -0.4 is 0 Å². The van der Waals surface area contributed by atoms with Crippen molar-refractivity contribution < 1.29 is 17.6 Å². The van der Waals surface area contributed by atoms with Crippen LogP contribution >= 0.6 is 0 Å². The van der Waals surface area contributed by atoms with Crippen LogP contribution in [-0.2, 0) is 14.8 Å². The second kappa shape index (κ2) is 8.88. The van der Waals surface area contributed by atoms with Gasteiger partial charge in [0, 0.05) is 32.3 Å². The minimum absolute atomic E-state index is 0.187. The Hall–Kier alpha value is -2.51. The first-order chi connectivity index (χ1) is 13.8. The molecule has 1 saturated heterocycles. The van der Waals surface area contributed by atoms with Crippen molar-refractivity contribution in [2.45, 2.75) is 24.7 Å². The average Bonchev–Trinajstić information content (AvgIpc) is 2.73. The van der Waals surface area contributed by atoms with Gasteiger partial charge in [0.25, 0.3) is 0 Å². The molecule has 0 bridgehead atoms. The summed E-state index contributed by atoms with van der Waals surface area (Å²) in [5.41, 5.74) is 1.82. The zero-order valence-electron chi connectivity index (χ0n) is 16.6. The third-order valence-corrected chi connectivity index (χ3v) is 6.94. The number of sulfonamides is 1. The number of hydrogen-bond acceptors (Lipinski definition) is 3. The predicted molar refractivity (Wildman–Crippen MR) is 111 cm³/mol. The number of benzene rings is 2. The van der Waals surface area contributed by atoms with Gasteiger partial charge in [-0.05, 0) is 47.4 Å². The third-order valence-electron chi connectivity index (χ3n) is 5.02. The van der Waals surface area contributed by atoms with Gasteiger partial charge in [-0.15, -0.1) is 0 Å². The molecule has 0 aromatic heterocycles. The molecule has 0 aliphatic carbocycles. The predicted octanol–water partition coefficient (Wildman–Crippen LogP) is 3.50. The van der Waals surface area contributed by atoms with Gasteiger partial charge in [0.05, 0.1) is 4.90 Å². The van der Waals surface area contributed by atoms with Gasteiger partial charge in [0.2, 0.25) is 15.9 Å². The molecular formula is C22H25FN2O3S. The Morgan fingerprint density at radius 1 is 0.966 bits per heavy atom. The summed E-state index contributed by atoms with van der Waals surface area (Å²) in [6.07, 6.45) is 3.06. The van der Waals surface area contributed by atoms with E-state index in [9.17, 15) is 17.6 Å². The SMILES string of the molecule is CC(C)c1ccc(S(=O)(=O)N2CCN(C(=O)C=Cc3ccc(F)cc3)CC2)cc1. The summed E-state index contributed by atoms with van der Waals surface area (Å²) < 4.78 is 40.1. The van der Waals surface area contributed by atoms with Gasteiger partial charge in [-0.25, -0.2) is 12.8 Å². The van der Waals surface area contributed by atoms with Crippen LogP contribution in [0.15, 0.2) is 59.5 Å². The van der Waals surface area contributed by atoms with Gasteiger partial charge in [0.1, 0.15) is 5.82 Å². The number of carbonyl (C=O) groups excluding carboxylic acids is 1. The molecule has 5 nitrogen and oxygen atoms in total. The average molecular weight is 417 g/mol. The molecule has 1 heterocycles. The zero-order valence-corrected chi connectivity index (χ0v) is 17.4. The highest BCUT2D eigenvalue weighted by Crippen LogP contribution is 2.21. The first kappa shape index (κ1) is 21.2. The van der Waals surface area contributed by atoms with Crippen molar-refractivity contribution in [3.63, 3.8) is 0 Å². The molecule has 1 aliphatic heterocycles. The summed E-state index contributed by atoms with van der Waals surface area (Å²) in [6, 6.07) is 12.8. The van der Waals surface area contributed by atoms with Crippen molar-refractivity contribution in [2.24, 2.45) is 0 Å². The van der Waals surface area contributed by atoms with E-state index in [1.54, 1.807) is 35.2 Å². The molecular weight excluding hydrogens is 391 g/mol. The van der Waals surface area contributed by atoms with E-state index in [0.717, 1.165) is 11.1 Å². The van der Waals surface area contributed by atoms with E-state index in [2.05, 4.69) is 13.8 Å². The van der Waals surface area contributed by atoms with Crippen molar-refractivity contribution in [2.75, 3.05) is 26.2 Å². The molecule has 7 heteroatoms. The van der Waals surface area contributed by atoms with E-state index in [1.165, 1.54) is 22.5 Å². The monoisotopic (exact) mass is 416 g/mol. The minimum atomic E-state index is -3.57. The van der Waals surface area contributed by atoms with Crippen molar-refractivity contribution >= 4 is 22.0 Å². The molecule has 0 spiro atoms. The second-order valence-electron chi connectivity index (χ2n) is 7.34. The van der Waals surface area contributed by atoms with Gasteiger partial charge < -0.3 is 4.90 Å². The van der Waals surface area contributed by atoms with Crippen LogP contribution in [0.4, 0.5) is 4.39 Å². The lowest BCUT2D eigenvalue weighted by atomic mass is 10.0. The van der Waals surface area contributed by atoms with Crippen LogP contribution in [0.2, 0.25) is 0 Å². The summed E-state index contributed by atoms with van der Waals surface area (Å²) in [7, 11) is -3.57. The molecule has 0 radical (unpaired) electrons. The van der Waals surface area contributed by atoms with E-state index in [1.807, 2.05) is 12.1 Å². The molecule has 29 heavy (non-hydrogen) atoms. The highest BCUT2D eigenvalue weighted by atomic mass is 32.2. The minimum Gasteiger partial charge on any atom is -0.337 e. The third kappa shape index (κ3) is 5.10. The fourth-order valence-corrected chi connectivity index (χ4v) is 4.59. The Morgan fingerprint density at radius 2 is 1.55 bits per heavy atom. The van der Waals surface area contributed by atoms with Crippen LogP contribution in [0.5, 0.6) is 0 Å². The lowest BCUT2D eigenvalue weighted by molar-refractivity contribution is -0.127. The molecule has 0 unspecified atom stereocenters. The van der Waals surface area contributed by atoms with E-state index in [4.69, 9.17) is 0 Å². The fourth-order valence-electron chi connectivity index (χ4n) is 3.17. The zero-order chi connectivity index (χ0) is 21.0. The Labute approximate surface area is 171 Å². The van der Waals surface area contributed by atoms with E-state index >= 15 is 0 Å². The summed E-state index contributed by atoms with van der Waals surface area (Å²) in [5.74, 6) is -0.179. The number of piperazine rings is 1. The Kier molecular flexibility index (Phi) is 6.49.